The fourth-order valence-electron chi connectivity index (χ4n) is 1.36. The highest BCUT2D eigenvalue weighted by molar-refractivity contribution is 5.90. The predicted molar refractivity (Wildman–Crippen MR) is 64.8 cm³/mol. The van der Waals surface area contributed by atoms with Crippen molar-refractivity contribution in [3.63, 3.8) is 0 Å². The summed E-state index contributed by atoms with van der Waals surface area (Å²) in [6.45, 7) is 0.166. The van der Waals surface area contributed by atoms with E-state index in [-0.39, 0.29) is 23.6 Å². The first-order chi connectivity index (χ1) is 9.10. The first-order valence-corrected chi connectivity index (χ1v) is 5.46. The molecule has 0 aliphatic heterocycles. The van der Waals surface area contributed by atoms with Crippen molar-refractivity contribution in [3.8, 4) is 11.8 Å². The third-order valence-electron chi connectivity index (χ3n) is 2.27. The minimum atomic E-state index is -0.600. The molecule has 0 bridgehead atoms. The maximum Gasteiger partial charge on any atom is 0.337 e. The molecule has 0 amide bonds. The summed E-state index contributed by atoms with van der Waals surface area (Å²) in [5.74, 6) is -0.609. The summed E-state index contributed by atoms with van der Waals surface area (Å²) < 4.78 is 9.76. The normalized spacial score (nSPS) is 9.47. The molecule has 1 aromatic carbocycles. The standard InChI is InChI=1S/C12H12N2O5/c1-18-12(15)9-4-5-10(14(16)17)11(8-9)19-7-3-2-6-13/h4-5,8H,2-3,7H2,1H3. The molecule has 0 saturated heterocycles. The highest BCUT2D eigenvalue weighted by Gasteiger charge is 2.18. The van der Waals surface area contributed by atoms with Gasteiger partial charge in [-0.15, -0.1) is 0 Å². The summed E-state index contributed by atoms with van der Waals surface area (Å²) in [5, 5.41) is 19.2. The molecule has 0 atom stereocenters. The van der Waals surface area contributed by atoms with E-state index in [0.717, 1.165) is 0 Å². The van der Waals surface area contributed by atoms with Gasteiger partial charge in [-0.2, -0.15) is 5.26 Å². The Morgan fingerprint density at radius 2 is 2.26 bits per heavy atom. The second-order valence-electron chi connectivity index (χ2n) is 3.54. The summed E-state index contributed by atoms with van der Waals surface area (Å²) in [7, 11) is 1.22. The largest absolute Gasteiger partial charge is 0.487 e. The number of esters is 1. The van der Waals surface area contributed by atoms with Crippen LogP contribution >= 0.6 is 0 Å². The van der Waals surface area contributed by atoms with Crippen LogP contribution in [0.15, 0.2) is 18.2 Å². The highest BCUT2D eigenvalue weighted by Crippen LogP contribution is 2.28. The van der Waals surface area contributed by atoms with E-state index >= 15 is 0 Å². The van der Waals surface area contributed by atoms with Gasteiger partial charge < -0.3 is 9.47 Å². The predicted octanol–water partition coefficient (Wildman–Crippen LogP) is 2.06. The number of rotatable bonds is 6. The minimum absolute atomic E-state index is 0.00848. The van der Waals surface area contributed by atoms with Gasteiger partial charge in [0.2, 0.25) is 0 Å². The Morgan fingerprint density at radius 1 is 1.53 bits per heavy atom. The average Bonchev–Trinajstić information content (AvgIpc) is 2.42. The van der Waals surface area contributed by atoms with Crippen molar-refractivity contribution in [1.82, 2.24) is 0 Å². The third-order valence-corrected chi connectivity index (χ3v) is 2.27. The highest BCUT2D eigenvalue weighted by atomic mass is 16.6. The molecule has 7 nitrogen and oxygen atoms in total. The number of hydrogen-bond acceptors (Lipinski definition) is 6. The number of nitriles is 1. The van der Waals surface area contributed by atoms with Crippen LogP contribution in [-0.2, 0) is 4.74 Å². The Labute approximate surface area is 109 Å². The van der Waals surface area contributed by atoms with Crippen molar-refractivity contribution in [2.45, 2.75) is 12.8 Å². The molecule has 100 valence electrons. The van der Waals surface area contributed by atoms with Crippen molar-refractivity contribution in [1.29, 1.82) is 5.26 Å². The molecule has 0 aliphatic rings. The molecule has 1 rings (SSSR count). The number of unbranched alkanes of at least 4 members (excludes halogenated alkanes) is 1. The Morgan fingerprint density at radius 3 is 2.84 bits per heavy atom. The molecular weight excluding hydrogens is 252 g/mol. The molecule has 0 heterocycles. The lowest BCUT2D eigenvalue weighted by Crippen LogP contribution is -2.05. The molecule has 0 aromatic heterocycles. The molecule has 0 fully saturated rings. The first kappa shape index (κ1) is 14.4. The van der Waals surface area contributed by atoms with Crippen LogP contribution in [0.2, 0.25) is 0 Å². The quantitative estimate of drug-likeness (QED) is 0.337. The van der Waals surface area contributed by atoms with E-state index in [2.05, 4.69) is 4.74 Å². The lowest BCUT2D eigenvalue weighted by Gasteiger charge is -2.07. The van der Waals surface area contributed by atoms with Gasteiger partial charge in [0.05, 0.1) is 30.3 Å². The molecule has 7 heteroatoms. The summed E-state index contributed by atoms with van der Waals surface area (Å²) in [6.07, 6.45) is 0.751. The number of benzene rings is 1. The zero-order valence-electron chi connectivity index (χ0n) is 10.3. The Bertz CT molecular complexity index is 521. The Kier molecular flexibility index (Phi) is 5.29. The van der Waals surface area contributed by atoms with Crippen molar-refractivity contribution >= 4 is 11.7 Å². The van der Waals surface area contributed by atoms with Gasteiger partial charge in [-0.25, -0.2) is 4.79 Å². The number of nitro benzene ring substituents is 1. The van der Waals surface area contributed by atoms with Crippen molar-refractivity contribution < 1.29 is 19.2 Å². The average molecular weight is 264 g/mol. The SMILES string of the molecule is COC(=O)c1ccc([N+](=O)[O-])c(OCCCC#N)c1. The molecule has 1 aromatic rings. The molecule has 19 heavy (non-hydrogen) atoms. The van der Waals surface area contributed by atoms with E-state index in [1.807, 2.05) is 6.07 Å². The maximum absolute atomic E-state index is 11.3. The van der Waals surface area contributed by atoms with E-state index in [1.54, 1.807) is 0 Å². The number of hydrogen-bond donors (Lipinski definition) is 0. The first-order valence-electron chi connectivity index (χ1n) is 5.46. The fourth-order valence-corrected chi connectivity index (χ4v) is 1.36. The summed E-state index contributed by atoms with van der Waals surface area (Å²) >= 11 is 0. The van der Waals surface area contributed by atoms with Gasteiger partial charge >= 0.3 is 11.7 Å². The van der Waals surface area contributed by atoms with E-state index in [4.69, 9.17) is 10.00 Å². The molecule has 0 unspecified atom stereocenters. The molecule has 0 radical (unpaired) electrons. The number of nitro groups is 1. The van der Waals surface area contributed by atoms with Gasteiger partial charge in [0, 0.05) is 18.6 Å². The zero-order valence-corrected chi connectivity index (χ0v) is 10.3. The van der Waals surface area contributed by atoms with E-state index < -0.39 is 10.9 Å². The zero-order chi connectivity index (χ0) is 14.3. The van der Waals surface area contributed by atoms with Crippen LogP contribution in [0.1, 0.15) is 23.2 Å². The number of methoxy groups -OCH3 is 1. The smallest absolute Gasteiger partial charge is 0.337 e. The van der Waals surface area contributed by atoms with Gasteiger partial charge in [-0.1, -0.05) is 0 Å². The summed E-state index contributed by atoms with van der Waals surface area (Å²) in [6, 6.07) is 5.69. The molecule has 0 aliphatic carbocycles. The molecule has 0 saturated carbocycles. The van der Waals surface area contributed by atoms with Crippen LogP contribution in [-0.4, -0.2) is 24.6 Å². The Hall–Kier alpha value is -2.62. The Balaban J connectivity index is 2.92. The summed E-state index contributed by atoms with van der Waals surface area (Å²) in [5.41, 5.74) is -0.0620. The second-order valence-corrected chi connectivity index (χ2v) is 3.54. The topological polar surface area (TPSA) is 102 Å². The van der Waals surface area contributed by atoms with Gasteiger partial charge in [0.15, 0.2) is 5.75 Å². The van der Waals surface area contributed by atoms with Crippen LogP contribution < -0.4 is 4.74 Å². The number of carbonyl (C=O) groups excluding carboxylic acids is 1. The lowest BCUT2D eigenvalue weighted by atomic mass is 10.2. The molecule has 0 N–H and O–H groups in total. The van der Waals surface area contributed by atoms with Crippen molar-refractivity contribution in [2.75, 3.05) is 13.7 Å². The number of ether oxygens (including phenoxy) is 2. The fraction of sp³-hybridized carbons (Fsp3) is 0.333. The minimum Gasteiger partial charge on any atom is -0.487 e. The van der Waals surface area contributed by atoms with E-state index in [9.17, 15) is 14.9 Å². The van der Waals surface area contributed by atoms with Crippen LogP contribution in [0, 0.1) is 21.4 Å². The van der Waals surface area contributed by atoms with Gasteiger partial charge in [-0.3, -0.25) is 10.1 Å². The third kappa shape index (κ3) is 3.96. The van der Waals surface area contributed by atoms with Crippen LogP contribution in [0.5, 0.6) is 5.75 Å². The van der Waals surface area contributed by atoms with Crippen LogP contribution in [0.25, 0.3) is 0 Å². The van der Waals surface area contributed by atoms with Crippen LogP contribution in [0.4, 0.5) is 5.69 Å². The lowest BCUT2D eigenvalue weighted by molar-refractivity contribution is -0.385. The second kappa shape index (κ2) is 6.96. The molecule has 0 spiro atoms. The van der Waals surface area contributed by atoms with E-state index in [1.165, 1.54) is 25.3 Å². The molecular formula is C12H12N2O5. The monoisotopic (exact) mass is 264 g/mol. The number of nitrogens with zero attached hydrogens (tertiary/aromatic N) is 2. The number of carbonyl (C=O) groups is 1. The van der Waals surface area contributed by atoms with Gasteiger partial charge in [-0.05, 0) is 12.5 Å². The van der Waals surface area contributed by atoms with Crippen molar-refractivity contribution in [2.24, 2.45) is 0 Å². The van der Waals surface area contributed by atoms with E-state index in [0.29, 0.717) is 12.8 Å². The van der Waals surface area contributed by atoms with Crippen molar-refractivity contribution in [3.05, 3.63) is 33.9 Å². The van der Waals surface area contributed by atoms with Gasteiger partial charge in [0.1, 0.15) is 0 Å². The van der Waals surface area contributed by atoms with Gasteiger partial charge in [0.25, 0.3) is 0 Å². The maximum atomic E-state index is 11.3. The summed E-state index contributed by atoms with van der Waals surface area (Å²) in [4.78, 5) is 21.6. The van der Waals surface area contributed by atoms with Crippen LogP contribution in [0.3, 0.4) is 0 Å².